The number of hydrogen-bond donors (Lipinski definition) is 2. The molecule has 0 radical (unpaired) electrons. The number of nitrogens with one attached hydrogen (secondary N) is 2. The molecular formula is C20H28N4O3. The van der Waals surface area contributed by atoms with Crippen molar-refractivity contribution in [2.24, 2.45) is 5.92 Å². The first-order valence-electron chi connectivity index (χ1n) is 9.64. The van der Waals surface area contributed by atoms with E-state index in [0.29, 0.717) is 19.5 Å². The lowest BCUT2D eigenvalue weighted by Crippen LogP contribution is -2.34. The van der Waals surface area contributed by atoms with Gasteiger partial charge in [0.1, 0.15) is 12.4 Å². The number of rotatable bonds is 8. The molecule has 7 heteroatoms. The number of amides is 2. The number of imidazole rings is 1. The lowest BCUT2D eigenvalue weighted by Gasteiger charge is -2.13. The van der Waals surface area contributed by atoms with Crippen LogP contribution >= 0.6 is 0 Å². The first kappa shape index (κ1) is 19.4. The Balaban J connectivity index is 1.66. The van der Waals surface area contributed by atoms with E-state index in [0.717, 1.165) is 36.3 Å². The molecule has 0 aliphatic carbocycles. The van der Waals surface area contributed by atoms with Crippen LogP contribution in [-0.4, -0.2) is 47.2 Å². The highest BCUT2D eigenvalue weighted by atomic mass is 16.5. The predicted octanol–water partition coefficient (Wildman–Crippen LogP) is 1.65. The van der Waals surface area contributed by atoms with E-state index in [1.165, 1.54) is 0 Å². The van der Waals surface area contributed by atoms with Crippen molar-refractivity contribution in [1.82, 2.24) is 20.2 Å². The fourth-order valence-electron chi connectivity index (χ4n) is 3.23. The standard InChI is InChI=1S/C20H28N4O3/c1-14(2)20(26)21-10-9-18-23-16-7-3-4-8-17(16)24(18)13-19(25)22-12-15-6-5-11-27-15/h3-4,7-8,14-15H,5-6,9-13H2,1-2H3,(H,21,26)(H,22,25). The predicted molar refractivity (Wildman–Crippen MR) is 103 cm³/mol. The normalized spacial score (nSPS) is 16.8. The Kier molecular flexibility index (Phi) is 6.45. The summed E-state index contributed by atoms with van der Waals surface area (Å²) >= 11 is 0. The van der Waals surface area contributed by atoms with Gasteiger partial charge in [0.25, 0.3) is 0 Å². The zero-order valence-electron chi connectivity index (χ0n) is 16.0. The highest BCUT2D eigenvalue weighted by Crippen LogP contribution is 2.16. The van der Waals surface area contributed by atoms with Crippen molar-refractivity contribution in [1.29, 1.82) is 0 Å². The lowest BCUT2D eigenvalue weighted by atomic mass is 10.2. The molecule has 1 aliphatic heterocycles. The van der Waals surface area contributed by atoms with Gasteiger partial charge in [-0.1, -0.05) is 26.0 Å². The van der Waals surface area contributed by atoms with Crippen LogP contribution in [0, 0.1) is 5.92 Å². The summed E-state index contributed by atoms with van der Waals surface area (Å²) in [6.45, 7) is 5.76. The summed E-state index contributed by atoms with van der Waals surface area (Å²) in [7, 11) is 0. The fourth-order valence-corrected chi connectivity index (χ4v) is 3.23. The number of carbonyl (C=O) groups is 2. The van der Waals surface area contributed by atoms with E-state index in [9.17, 15) is 9.59 Å². The van der Waals surface area contributed by atoms with E-state index in [-0.39, 0.29) is 30.4 Å². The molecule has 3 rings (SSSR count). The quantitative estimate of drug-likeness (QED) is 0.738. The molecule has 1 saturated heterocycles. The summed E-state index contributed by atoms with van der Waals surface area (Å²) in [4.78, 5) is 28.9. The Labute approximate surface area is 159 Å². The van der Waals surface area contributed by atoms with Gasteiger partial charge in [0, 0.05) is 32.0 Å². The van der Waals surface area contributed by atoms with Crippen LogP contribution in [0.5, 0.6) is 0 Å². The Morgan fingerprint density at radius 3 is 2.85 bits per heavy atom. The molecule has 2 N–H and O–H groups in total. The summed E-state index contributed by atoms with van der Waals surface area (Å²) in [6, 6.07) is 7.77. The molecular weight excluding hydrogens is 344 g/mol. The van der Waals surface area contributed by atoms with Crippen molar-refractivity contribution in [3.63, 3.8) is 0 Å². The number of nitrogens with zero attached hydrogens (tertiary/aromatic N) is 2. The molecule has 146 valence electrons. The molecule has 0 spiro atoms. The van der Waals surface area contributed by atoms with Gasteiger partial charge in [-0.15, -0.1) is 0 Å². The highest BCUT2D eigenvalue weighted by Gasteiger charge is 2.18. The molecule has 7 nitrogen and oxygen atoms in total. The Morgan fingerprint density at radius 1 is 1.30 bits per heavy atom. The molecule has 0 bridgehead atoms. The zero-order chi connectivity index (χ0) is 19.2. The van der Waals surface area contributed by atoms with Crippen LogP contribution in [0.4, 0.5) is 0 Å². The van der Waals surface area contributed by atoms with Gasteiger partial charge in [0.2, 0.25) is 11.8 Å². The SMILES string of the molecule is CC(C)C(=O)NCCc1nc2ccccc2n1CC(=O)NCC1CCCO1. The van der Waals surface area contributed by atoms with Crippen molar-refractivity contribution < 1.29 is 14.3 Å². The molecule has 1 unspecified atom stereocenters. The average Bonchev–Trinajstić information content (AvgIpc) is 3.28. The van der Waals surface area contributed by atoms with E-state index in [2.05, 4.69) is 15.6 Å². The maximum absolute atomic E-state index is 12.4. The van der Waals surface area contributed by atoms with Crippen LogP contribution in [0.2, 0.25) is 0 Å². The van der Waals surface area contributed by atoms with Gasteiger partial charge in [0.05, 0.1) is 17.1 Å². The minimum atomic E-state index is -0.0545. The third-order valence-electron chi connectivity index (χ3n) is 4.76. The monoisotopic (exact) mass is 372 g/mol. The summed E-state index contributed by atoms with van der Waals surface area (Å²) < 4.78 is 7.49. The molecule has 2 heterocycles. The highest BCUT2D eigenvalue weighted by molar-refractivity contribution is 5.81. The minimum Gasteiger partial charge on any atom is -0.376 e. The summed E-state index contributed by atoms with van der Waals surface area (Å²) in [5.74, 6) is 0.716. The lowest BCUT2D eigenvalue weighted by molar-refractivity contribution is -0.124. The second-order valence-corrected chi connectivity index (χ2v) is 7.24. The largest absolute Gasteiger partial charge is 0.376 e. The van der Waals surface area contributed by atoms with Gasteiger partial charge in [0.15, 0.2) is 0 Å². The van der Waals surface area contributed by atoms with Crippen LogP contribution in [0.1, 0.15) is 32.5 Å². The van der Waals surface area contributed by atoms with Gasteiger partial charge in [-0.25, -0.2) is 4.98 Å². The van der Waals surface area contributed by atoms with E-state index >= 15 is 0 Å². The molecule has 27 heavy (non-hydrogen) atoms. The van der Waals surface area contributed by atoms with E-state index in [1.54, 1.807) is 0 Å². The maximum Gasteiger partial charge on any atom is 0.240 e. The number of ether oxygens (including phenoxy) is 1. The van der Waals surface area contributed by atoms with Crippen LogP contribution in [-0.2, 0) is 27.3 Å². The number of fused-ring (bicyclic) bond motifs is 1. The van der Waals surface area contributed by atoms with Crippen molar-refractivity contribution in [3.8, 4) is 0 Å². The van der Waals surface area contributed by atoms with Crippen LogP contribution in [0.25, 0.3) is 11.0 Å². The van der Waals surface area contributed by atoms with Crippen molar-refractivity contribution in [2.45, 2.75) is 45.8 Å². The van der Waals surface area contributed by atoms with Crippen molar-refractivity contribution in [3.05, 3.63) is 30.1 Å². The van der Waals surface area contributed by atoms with Crippen LogP contribution < -0.4 is 10.6 Å². The minimum absolute atomic E-state index is 0.0203. The number of carbonyl (C=O) groups excluding carboxylic acids is 2. The molecule has 1 aliphatic rings. The smallest absolute Gasteiger partial charge is 0.240 e. The topological polar surface area (TPSA) is 85.2 Å². The van der Waals surface area contributed by atoms with Gasteiger partial charge in [-0.3, -0.25) is 9.59 Å². The molecule has 0 saturated carbocycles. The molecule has 1 fully saturated rings. The molecule has 2 aromatic rings. The first-order valence-corrected chi connectivity index (χ1v) is 9.64. The fraction of sp³-hybridized carbons (Fsp3) is 0.550. The van der Waals surface area contributed by atoms with Gasteiger partial charge < -0.3 is 19.9 Å². The Morgan fingerprint density at radius 2 is 2.11 bits per heavy atom. The summed E-state index contributed by atoms with van der Waals surface area (Å²) in [5.41, 5.74) is 1.78. The molecule has 1 aromatic carbocycles. The van der Waals surface area contributed by atoms with Gasteiger partial charge in [-0.05, 0) is 25.0 Å². The van der Waals surface area contributed by atoms with E-state index in [1.807, 2.05) is 42.7 Å². The average molecular weight is 372 g/mol. The van der Waals surface area contributed by atoms with E-state index in [4.69, 9.17) is 4.74 Å². The number of para-hydroxylation sites is 2. The Bertz CT molecular complexity index is 794. The molecule has 1 atom stereocenters. The van der Waals surface area contributed by atoms with Crippen LogP contribution in [0.3, 0.4) is 0 Å². The third kappa shape index (κ3) is 5.07. The summed E-state index contributed by atoms with van der Waals surface area (Å²) in [5, 5.41) is 5.87. The second-order valence-electron chi connectivity index (χ2n) is 7.24. The zero-order valence-corrected chi connectivity index (χ0v) is 16.0. The third-order valence-corrected chi connectivity index (χ3v) is 4.76. The van der Waals surface area contributed by atoms with Gasteiger partial charge in [-0.2, -0.15) is 0 Å². The van der Waals surface area contributed by atoms with Crippen LogP contribution in [0.15, 0.2) is 24.3 Å². The number of benzene rings is 1. The maximum atomic E-state index is 12.4. The first-order chi connectivity index (χ1) is 13.0. The second kappa shape index (κ2) is 8.99. The number of hydrogen-bond acceptors (Lipinski definition) is 4. The molecule has 2 amide bonds. The van der Waals surface area contributed by atoms with Crippen molar-refractivity contribution >= 4 is 22.8 Å². The number of aromatic nitrogens is 2. The Hall–Kier alpha value is -2.41. The van der Waals surface area contributed by atoms with E-state index < -0.39 is 0 Å². The van der Waals surface area contributed by atoms with Gasteiger partial charge >= 0.3 is 0 Å². The summed E-state index contributed by atoms with van der Waals surface area (Å²) in [6.07, 6.45) is 2.75. The van der Waals surface area contributed by atoms with Crippen molar-refractivity contribution in [2.75, 3.05) is 19.7 Å². The molecule has 1 aromatic heterocycles.